The summed E-state index contributed by atoms with van der Waals surface area (Å²) in [5, 5.41) is 4.77. The topological polar surface area (TPSA) is 94.2 Å². The van der Waals surface area contributed by atoms with E-state index in [0.29, 0.717) is 30.4 Å². The number of carbonyl (C=O) groups is 1. The van der Waals surface area contributed by atoms with Crippen LogP contribution in [0.1, 0.15) is 0 Å². The van der Waals surface area contributed by atoms with Gasteiger partial charge in [-0.3, -0.25) is 9.10 Å². The summed E-state index contributed by atoms with van der Waals surface area (Å²) in [7, 11) is -3.69. The lowest BCUT2D eigenvalue weighted by Crippen LogP contribution is -2.41. The van der Waals surface area contributed by atoms with E-state index >= 15 is 0 Å². The first-order valence-corrected chi connectivity index (χ1v) is 12.0. The molecule has 1 aliphatic rings. The van der Waals surface area contributed by atoms with Gasteiger partial charge in [0.05, 0.1) is 18.5 Å². The first kappa shape index (κ1) is 21.8. The van der Waals surface area contributed by atoms with Crippen molar-refractivity contribution < 1.29 is 27.4 Å². The van der Waals surface area contributed by atoms with E-state index in [0.717, 1.165) is 27.1 Å². The zero-order chi connectivity index (χ0) is 22.6. The summed E-state index contributed by atoms with van der Waals surface area (Å²) in [5.74, 6) is 1.29. The molecular formula is C23H24N2O6S. The van der Waals surface area contributed by atoms with Gasteiger partial charge < -0.3 is 19.5 Å². The van der Waals surface area contributed by atoms with Crippen LogP contribution in [0.2, 0.25) is 0 Å². The zero-order valence-corrected chi connectivity index (χ0v) is 18.4. The van der Waals surface area contributed by atoms with E-state index in [4.69, 9.17) is 14.2 Å². The highest BCUT2D eigenvalue weighted by Gasteiger charge is 2.23. The van der Waals surface area contributed by atoms with E-state index < -0.39 is 15.9 Å². The van der Waals surface area contributed by atoms with E-state index in [1.165, 1.54) is 0 Å². The molecule has 0 saturated heterocycles. The molecule has 0 radical (unpaired) electrons. The highest BCUT2D eigenvalue weighted by Crippen LogP contribution is 2.34. The predicted molar refractivity (Wildman–Crippen MR) is 122 cm³/mol. The van der Waals surface area contributed by atoms with Crippen LogP contribution in [0.4, 0.5) is 5.69 Å². The maximum absolute atomic E-state index is 12.5. The number of nitrogens with one attached hydrogen (secondary N) is 1. The second-order valence-corrected chi connectivity index (χ2v) is 9.18. The lowest BCUT2D eigenvalue weighted by Gasteiger charge is -2.24. The molecule has 0 aromatic heterocycles. The van der Waals surface area contributed by atoms with E-state index in [1.54, 1.807) is 18.2 Å². The average molecular weight is 457 g/mol. The fourth-order valence-electron chi connectivity index (χ4n) is 3.45. The van der Waals surface area contributed by atoms with E-state index in [2.05, 4.69) is 5.32 Å². The van der Waals surface area contributed by atoms with E-state index in [-0.39, 0.29) is 19.7 Å². The Morgan fingerprint density at radius 2 is 1.78 bits per heavy atom. The number of ether oxygens (including phenoxy) is 3. The first-order chi connectivity index (χ1) is 15.4. The van der Waals surface area contributed by atoms with Crippen LogP contribution in [0.25, 0.3) is 10.8 Å². The van der Waals surface area contributed by atoms with Gasteiger partial charge in [0.2, 0.25) is 15.9 Å². The Labute approximate surface area is 186 Å². The summed E-state index contributed by atoms with van der Waals surface area (Å²) in [6.07, 6.45) is 1.06. The standard InChI is InChI=1S/C23H24N2O6S/c1-32(27,28)25(18-9-10-21-22(15-18)31-14-13-30-21)16-23(26)24-11-12-29-20-8-4-6-17-5-2-3-7-19(17)20/h2-10,15H,11-14,16H2,1H3,(H,24,26). The van der Waals surface area contributed by atoms with Crippen molar-refractivity contribution in [3.05, 3.63) is 60.7 Å². The smallest absolute Gasteiger partial charge is 0.240 e. The fourth-order valence-corrected chi connectivity index (χ4v) is 4.29. The van der Waals surface area contributed by atoms with Crippen LogP contribution in [0.3, 0.4) is 0 Å². The number of sulfonamides is 1. The van der Waals surface area contributed by atoms with Gasteiger partial charge in [-0.2, -0.15) is 0 Å². The van der Waals surface area contributed by atoms with E-state index in [9.17, 15) is 13.2 Å². The summed E-state index contributed by atoms with van der Waals surface area (Å²) in [4.78, 5) is 12.5. The van der Waals surface area contributed by atoms with E-state index in [1.807, 2.05) is 42.5 Å². The van der Waals surface area contributed by atoms with Crippen molar-refractivity contribution in [3.8, 4) is 17.2 Å². The predicted octanol–water partition coefficient (Wildman–Crippen LogP) is 2.57. The molecule has 4 rings (SSSR count). The number of nitrogens with zero attached hydrogens (tertiary/aromatic N) is 1. The van der Waals surface area contributed by atoms with Gasteiger partial charge in [-0.15, -0.1) is 0 Å². The summed E-state index contributed by atoms with van der Waals surface area (Å²) < 4.78 is 42.5. The number of anilines is 1. The lowest BCUT2D eigenvalue weighted by atomic mass is 10.1. The third kappa shape index (κ3) is 5.05. The highest BCUT2D eigenvalue weighted by molar-refractivity contribution is 7.92. The molecule has 0 saturated carbocycles. The largest absolute Gasteiger partial charge is 0.491 e. The highest BCUT2D eigenvalue weighted by atomic mass is 32.2. The van der Waals surface area contributed by atoms with Crippen LogP contribution in [0, 0.1) is 0 Å². The molecule has 1 heterocycles. The molecule has 32 heavy (non-hydrogen) atoms. The fraction of sp³-hybridized carbons (Fsp3) is 0.261. The monoisotopic (exact) mass is 456 g/mol. The number of fused-ring (bicyclic) bond motifs is 2. The molecule has 0 fully saturated rings. The number of carbonyl (C=O) groups excluding carboxylic acids is 1. The first-order valence-electron chi connectivity index (χ1n) is 10.2. The number of rotatable bonds is 8. The molecule has 0 spiro atoms. The molecule has 3 aromatic carbocycles. The van der Waals surface area contributed by atoms with Crippen LogP contribution in [0.15, 0.2) is 60.7 Å². The molecule has 0 bridgehead atoms. The van der Waals surface area contributed by atoms with Crippen LogP contribution >= 0.6 is 0 Å². The summed E-state index contributed by atoms with van der Waals surface area (Å²) in [6.45, 7) is 0.952. The number of amides is 1. The zero-order valence-electron chi connectivity index (χ0n) is 17.6. The SMILES string of the molecule is CS(=O)(=O)N(CC(=O)NCCOc1cccc2ccccc12)c1ccc2c(c1)OCCO2. The van der Waals surface area contributed by atoms with Crippen molar-refractivity contribution in [3.63, 3.8) is 0 Å². The maximum atomic E-state index is 12.5. The molecule has 3 aromatic rings. The Morgan fingerprint density at radius 3 is 2.59 bits per heavy atom. The molecular weight excluding hydrogens is 432 g/mol. The van der Waals surface area contributed by atoms with Crippen LogP contribution in [-0.2, 0) is 14.8 Å². The Bertz CT molecular complexity index is 1220. The Hall–Kier alpha value is -3.46. The van der Waals surface area contributed by atoms with Crippen molar-refractivity contribution in [1.29, 1.82) is 0 Å². The Kier molecular flexibility index (Phi) is 6.36. The maximum Gasteiger partial charge on any atom is 0.240 e. The summed E-state index contributed by atoms with van der Waals surface area (Å²) >= 11 is 0. The van der Waals surface area contributed by atoms with Gasteiger partial charge in [-0.25, -0.2) is 8.42 Å². The van der Waals surface area contributed by atoms with Gasteiger partial charge in [0, 0.05) is 11.5 Å². The van der Waals surface area contributed by atoms with Gasteiger partial charge in [0.15, 0.2) is 11.5 Å². The van der Waals surface area contributed by atoms with Crippen molar-refractivity contribution in [2.75, 3.05) is 43.5 Å². The van der Waals surface area contributed by atoms with Gasteiger partial charge in [-0.05, 0) is 23.6 Å². The molecule has 1 amide bonds. The third-order valence-corrected chi connectivity index (χ3v) is 6.07. The van der Waals surface area contributed by atoms with Crippen LogP contribution in [0.5, 0.6) is 17.2 Å². The summed E-state index contributed by atoms with van der Waals surface area (Å²) in [5.41, 5.74) is 0.332. The Balaban J connectivity index is 1.36. The third-order valence-electron chi connectivity index (χ3n) is 4.93. The minimum atomic E-state index is -3.69. The summed E-state index contributed by atoms with van der Waals surface area (Å²) in [6, 6.07) is 18.4. The van der Waals surface area contributed by atoms with Crippen molar-refractivity contribution >= 4 is 32.4 Å². The lowest BCUT2D eigenvalue weighted by molar-refractivity contribution is -0.119. The molecule has 9 heteroatoms. The van der Waals surface area contributed by atoms with Crippen LogP contribution in [-0.4, -0.2) is 53.5 Å². The number of hydrogen-bond acceptors (Lipinski definition) is 6. The molecule has 0 atom stereocenters. The van der Waals surface area contributed by atoms with Gasteiger partial charge in [0.1, 0.15) is 32.1 Å². The van der Waals surface area contributed by atoms with Gasteiger partial charge >= 0.3 is 0 Å². The normalized spacial score (nSPS) is 12.9. The van der Waals surface area contributed by atoms with Crippen molar-refractivity contribution in [1.82, 2.24) is 5.32 Å². The molecule has 1 N–H and O–H groups in total. The minimum Gasteiger partial charge on any atom is -0.491 e. The van der Waals surface area contributed by atoms with Crippen molar-refractivity contribution in [2.24, 2.45) is 0 Å². The molecule has 168 valence electrons. The second kappa shape index (κ2) is 9.35. The molecule has 8 nitrogen and oxygen atoms in total. The minimum absolute atomic E-state index is 0.237. The molecule has 0 unspecified atom stereocenters. The quantitative estimate of drug-likeness (QED) is 0.524. The Morgan fingerprint density at radius 1 is 1.03 bits per heavy atom. The molecule has 1 aliphatic heterocycles. The molecule has 0 aliphatic carbocycles. The second-order valence-electron chi connectivity index (χ2n) is 7.27. The van der Waals surface area contributed by atoms with Crippen molar-refractivity contribution in [2.45, 2.75) is 0 Å². The van der Waals surface area contributed by atoms with Crippen LogP contribution < -0.4 is 23.8 Å². The average Bonchev–Trinajstić information content (AvgIpc) is 2.79. The number of benzene rings is 3. The number of hydrogen-bond donors (Lipinski definition) is 1. The van der Waals surface area contributed by atoms with Gasteiger partial charge in [0.25, 0.3) is 0 Å². The van der Waals surface area contributed by atoms with Gasteiger partial charge in [-0.1, -0.05) is 36.4 Å².